The van der Waals surface area contributed by atoms with E-state index in [-0.39, 0.29) is 0 Å². The minimum Gasteiger partial charge on any atom is -0.478 e. The molecule has 0 aromatic rings. The van der Waals surface area contributed by atoms with Gasteiger partial charge in [0.1, 0.15) is 6.67 Å². The Morgan fingerprint density at radius 3 is 1.87 bits per heavy atom. The van der Waals surface area contributed by atoms with Crippen LogP contribution in [0.25, 0.3) is 0 Å². The number of carboxylic acids is 1. The summed E-state index contributed by atoms with van der Waals surface area (Å²) in [6.07, 6.45) is -5.84. The van der Waals surface area contributed by atoms with E-state index in [1.807, 2.05) is 0 Å². The molecule has 0 amide bonds. The molecule has 88 valence electrons. The van der Waals surface area contributed by atoms with E-state index in [1.54, 1.807) is 0 Å². The molecule has 15 heavy (non-hydrogen) atoms. The van der Waals surface area contributed by atoms with Gasteiger partial charge in [0.2, 0.25) is 0 Å². The normalized spacial score (nSPS) is 18.1. The van der Waals surface area contributed by atoms with Crippen molar-refractivity contribution in [2.45, 2.75) is 18.8 Å². The summed E-state index contributed by atoms with van der Waals surface area (Å²) >= 11 is 0. The van der Waals surface area contributed by atoms with Crippen LogP contribution in [0.3, 0.4) is 0 Å². The summed E-state index contributed by atoms with van der Waals surface area (Å²) in [5.41, 5.74) is -6.41. The topological polar surface area (TPSA) is 37.3 Å². The van der Waals surface area contributed by atoms with Crippen LogP contribution in [0.2, 0.25) is 0 Å². The molecule has 1 atom stereocenters. The standard InChI is InChI=1S/C7H6F6O2/c1-3(5(14)15)4(9)6(10,2-8)7(11,12)13/h2H2,1H3,(H,14,15)/b4-3+/t6-/m0/s1. The second-order valence-electron chi connectivity index (χ2n) is 2.68. The van der Waals surface area contributed by atoms with Gasteiger partial charge in [-0.2, -0.15) is 13.2 Å². The van der Waals surface area contributed by atoms with Gasteiger partial charge >= 0.3 is 12.1 Å². The molecule has 0 radical (unpaired) electrons. The molecule has 0 spiro atoms. The van der Waals surface area contributed by atoms with E-state index in [1.165, 1.54) is 0 Å². The molecule has 0 aliphatic heterocycles. The van der Waals surface area contributed by atoms with E-state index in [2.05, 4.69) is 0 Å². The summed E-state index contributed by atoms with van der Waals surface area (Å²) in [7, 11) is 0. The van der Waals surface area contributed by atoms with Crippen LogP contribution in [0.15, 0.2) is 11.4 Å². The monoisotopic (exact) mass is 236 g/mol. The first-order chi connectivity index (χ1) is 6.58. The minimum atomic E-state index is -5.84. The third-order valence-electron chi connectivity index (χ3n) is 1.63. The fourth-order valence-electron chi connectivity index (χ4n) is 0.650. The van der Waals surface area contributed by atoms with E-state index in [4.69, 9.17) is 5.11 Å². The number of halogens is 6. The molecule has 0 aromatic heterocycles. The second kappa shape index (κ2) is 4.11. The van der Waals surface area contributed by atoms with Gasteiger partial charge in [-0.1, -0.05) is 0 Å². The highest BCUT2D eigenvalue weighted by molar-refractivity contribution is 5.86. The van der Waals surface area contributed by atoms with Gasteiger partial charge in [-0.3, -0.25) is 0 Å². The molecular formula is C7H6F6O2. The second-order valence-corrected chi connectivity index (χ2v) is 2.68. The van der Waals surface area contributed by atoms with Crippen molar-refractivity contribution in [1.82, 2.24) is 0 Å². The van der Waals surface area contributed by atoms with Crippen molar-refractivity contribution >= 4 is 5.97 Å². The summed E-state index contributed by atoms with van der Waals surface area (Å²) in [6, 6.07) is 0. The van der Waals surface area contributed by atoms with Crippen LogP contribution < -0.4 is 0 Å². The lowest BCUT2D eigenvalue weighted by atomic mass is 10.0. The predicted molar refractivity (Wildman–Crippen MR) is 37.3 cm³/mol. The van der Waals surface area contributed by atoms with Crippen molar-refractivity contribution in [3.63, 3.8) is 0 Å². The molecule has 0 heterocycles. The van der Waals surface area contributed by atoms with Gasteiger partial charge in [0.05, 0.1) is 5.57 Å². The van der Waals surface area contributed by atoms with Crippen molar-refractivity contribution in [1.29, 1.82) is 0 Å². The smallest absolute Gasteiger partial charge is 0.431 e. The summed E-state index contributed by atoms with van der Waals surface area (Å²) in [6.45, 7) is -2.31. The molecular weight excluding hydrogens is 230 g/mol. The van der Waals surface area contributed by atoms with Gasteiger partial charge < -0.3 is 5.11 Å². The van der Waals surface area contributed by atoms with Gasteiger partial charge in [-0.05, 0) is 6.92 Å². The molecule has 0 saturated carbocycles. The summed E-state index contributed by atoms with van der Waals surface area (Å²) in [4.78, 5) is 10.1. The molecule has 0 bridgehead atoms. The number of hydrogen-bond acceptors (Lipinski definition) is 1. The molecule has 8 heteroatoms. The van der Waals surface area contributed by atoms with Gasteiger partial charge in [0, 0.05) is 0 Å². The number of aliphatic carboxylic acids is 1. The first-order valence-electron chi connectivity index (χ1n) is 3.49. The molecule has 1 N–H and O–H groups in total. The first-order valence-corrected chi connectivity index (χ1v) is 3.49. The number of hydrogen-bond donors (Lipinski definition) is 1. The van der Waals surface area contributed by atoms with Crippen LogP contribution in [-0.2, 0) is 4.79 Å². The fourth-order valence-corrected chi connectivity index (χ4v) is 0.650. The van der Waals surface area contributed by atoms with Gasteiger partial charge in [0.25, 0.3) is 5.67 Å². The fraction of sp³-hybridized carbons (Fsp3) is 0.571. The Bertz CT molecular complexity index is 294. The molecule has 0 aliphatic rings. The van der Waals surface area contributed by atoms with Gasteiger partial charge in [-0.25, -0.2) is 18.0 Å². The summed E-state index contributed by atoms with van der Waals surface area (Å²) < 4.78 is 73.1. The molecule has 0 fully saturated rings. The Morgan fingerprint density at radius 1 is 1.27 bits per heavy atom. The molecule has 2 nitrogen and oxygen atoms in total. The molecule has 0 aliphatic carbocycles. The zero-order valence-corrected chi connectivity index (χ0v) is 7.33. The van der Waals surface area contributed by atoms with E-state index < -0.39 is 35.9 Å². The van der Waals surface area contributed by atoms with E-state index >= 15 is 0 Å². The third kappa shape index (κ3) is 2.42. The van der Waals surface area contributed by atoms with Crippen molar-refractivity contribution < 1.29 is 36.2 Å². The van der Waals surface area contributed by atoms with E-state index in [9.17, 15) is 31.1 Å². The highest BCUT2D eigenvalue weighted by atomic mass is 19.4. The number of carboxylic acid groups (broad SMARTS) is 1. The van der Waals surface area contributed by atoms with E-state index in [0.29, 0.717) is 6.92 Å². The van der Waals surface area contributed by atoms with Gasteiger partial charge in [0.15, 0.2) is 5.83 Å². The van der Waals surface area contributed by atoms with Crippen molar-refractivity contribution in [3.05, 3.63) is 11.4 Å². The molecule has 0 rings (SSSR count). The SMILES string of the molecule is C/C(C(=O)O)=C(\F)[C@@](F)(CF)C(F)(F)F. The largest absolute Gasteiger partial charge is 0.478 e. The number of alkyl halides is 5. The number of allylic oxidation sites excluding steroid dienone is 1. The molecule has 0 saturated heterocycles. The van der Waals surface area contributed by atoms with E-state index in [0.717, 1.165) is 0 Å². The van der Waals surface area contributed by atoms with Crippen LogP contribution in [0.1, 0.15) is 6.92 Å². The van der Waals surface area contributed by atoms with Gasteiger partial charge in [-0.15, -0.1) is 0 Å². The predicted octanol–water partition coefficient (Wildman–Crippen LogP) is 2.55. The maximum Gasteiger partial charge on any atom is 0.431 e. The highest BCUT2D eigenvalue weighted by Crippen LogP contribution is 2.41. The van der Waals surface area contributed by atoms with Crippen LogP contribution in [0, 0.1) is 0 Å². The molecule has 0 aromatic carbocycles. The Morgan fingerprint density at radius 2 is 1.67 bits per heavy atom. The Hall–Kier alpha value is -1.21. The average molecular weight is 236 g/mol. The third-order valence-corrected chi connectivity index (χ3v) is 1.63. The lowest BCUT2D eigenvalue weighted by Crippen LogP contribution is -2.44. The highest BCUT2D eigenvalue weighted by Gasteiger charge is 2.61. The van der Waals surface area contributed by atoms with Crippen molar-refractivity contribution in [3.8, 4) is 0 Å². The molecule has 0 unspecified atom stereocenters. The maximum atomic E-state index is 12.8. The lowest BCUT2D eigenvalue weighted by Gasteiger charge is -2.23. The van der Waals surface area contributed by atoms with Crippen molar-refractivity contribution in [2.75, 3.05) is 6.67 Å². The Balaban J connectivity index is 5.52. The van der Waals surface area contributed by atoms with Crippen LogP contribution in [0.5, 0.6) is 0 Å². The quantitative estimate of drug-likeness (QED) is 0.604. The maximum absolute atomic E-state index is 12.8. The van der Waals surface area contributed by atoms with Crippen LogP contribution in [0.4, 0.5) is 26.3 Å². The lowest BCUT2D eigenvalue weighted by molar-refractivity contribution is -0.226. The van der Waals surface area contributed by atoms with Crippen LogP contribution >= 0.6 is 0 Å². The summed E-state index contributed by atoms with van der Waals surface area (Å²) in [5, 5.41) is 8.12. The van der Waals surface area contributed by atoms with Crippen LogP contribution in [-0.4, -0.2) is 29.6 Å². The first kappa shape index (κ1) is 13.8. The zero-order chi connectivity index (χ0) is 12.4. The number of rotatable bonds is 3. The Kier molecular flexibility index (Phi) is 3.78. The minimum absolute atomic E-state index is 0.410. The van der Waals surface area contributed by atoms with Crippen molar-refractivity contribution in [2.24, 2.45) is 0 Å². The Labute approximate surface area is 80.2 Å². The summed E-state index contributed by atoms with van der Waals surface area (Å²) in [5.74, 6) is -4.77. The zero-order valence-electron chi connectivity index (χ0n) is 7.33. The number of carbonyl (C=O) groups is 1. The average Bonchev–Trinajstić information content (AvgIpc) is 2.12.